The Bertz CT molecular complexity index is 1950. The van der Waals surface area contributed by atoms with Crippen LogP contribution < -0.4 is 0 Å². The number of carbonyl (C=O) groups excluding carboxylic acids is 2. The maximum atomic E-state index is 16.2. The van der Waals surface area contributed by atoms with Crippen LogP contribution in [0.15, 0.2) is 12.1 Å². The fourth-order valence-corrected chi connectivity index (χ4v) is 14.6. The SMILES string of the molecule is CN1C(C)(C)CCC(OC(=O)C(CCCC(C2CCC(C)(C)N(C)C2(C)C)C2CCC(C)(C)N(C)C2(C)C)(Cc2cc(C(C)(C)C)c(O)c(C(C)(C)C)c2)C(=O)OC2CCC(C)(C)N(C)C2(C)C)C1(C)C. The summed E-state index contributed by atoms with van der Waals surface area (Å²) in [6.07, 6.45) is 8.65. The van der Waals surface area contributed by atoms with Crippen molar-refractivity contribution >= 4 is 11.9 Å². The number of likely N-dealkylation sites (tertiary alicyclic amines) is 4. The van der Waals surface area contributed by atoms with Gasteiger partial charge in [0.25, 0.3) is 0 Å². The highest BCUT2D eigenvalue weighted by Crippen LogP contribution is 2.55. The molecule has 0 saturated carbocycles. The summed E-state index contributed by atoms with van der Waals surface area (Å²) >= 11 is 0. The molecule has 0 amide bonds. The number of piperidine rings is 4. The third-order valence-electron chi connectivity index (χ3n) is 21.4. The molecule has 1 aromatic carbocycles. The Labute approximate surface area is 436 Å². The van der Waals surface area contributed by atoms with Crippen molar-refractivity contribution in [1.82, 2.24) is 19.6 Å². The van der Waals surface area contributed by atoms with Gasteiger partial charge in [0, 0.05) is 33.2 Å². The van der Waals surface area contributed by atoms with E-state index >= 15 is 9.59 Å². The molecule has 1 N–H and O–H groups in total. The summed E-state index contributed by atoms with van der Waals surface area (Å²) in [6.45, 7) is 49.9. The molecule has 4 unspecified atom stereocenters. The molecule has 1 aromatic rings. The van der Waals surface area contributed by atoms with Gasteiger partial charge in [-0.05, 0) is 255 Å². The third kappa shape index (κ3) is 11.2. The van der Waals surface area contributed by atoms with E-state index in [4.69, 9.17) is 9.47 Å². The lowest BCUT2D eigenvalue weighted by Gasteiger charge is -2.62. The molecule has 4 aliphatic rings. The van der Waals surface area contributed by atoms with E-state index in [0.29, 0.717) is 43.4 Å². The van der Waals surface area contributed by atoms with Crippen LogP contribution in [0.25, 0.3) is 0 Å². The standard InChI is InChI=1S/C62H110N4O5/c1-52(2,3)45-38-41(39-46(49(45)67)53(4,5)6)40-62(50(68)70-47-31-36-56(11,12)65(25)60(47,19)20,51(69)71-48-32-37-57(13,14)66(26)61(48,21)22)33-27-28-42(43-29-34-54(7,8)63(23)58(43,15)16)44-30-35-55(9,10)64(24)59(44,17)18/h38-39,42-44,47-48,67H,27-37,40H2,1-26H3. The normalized spacial score (nSPS) is 29.9. The van der Waals surface area contributed by atoms with Gasteiger partial charge in [0.2, 0.25) is 0 Å². The van der Waals surface area contributed by atoms with Crippen molar-refractivity contribution in [2.75, 3.05) is 28.2 Å². The first kappa shape index (κ1) is 59.7. The summed E-state index contributed by atoms with van der Waals surface area (Å²) in [7, 11) is 8.93. The number of ether oxygens (including phenoxy) is 2. The number of hydrogen-bond acceptors (Lipinski definition) is 9. The lowest BCUT2D eigenvalue weighted by Crippen LogP contribution is -2.66. The summed E-state index contributed by atoms with van der Waals surface area (Å²) < 4.78 is 14.0. The molecule has 0 aliphatic carbocycles. The number of rotatable bonds is 12. The first-order chi connectivity index (χ1) is 31.8. The van der Waals surface area contributed by atoms with Crippen LogP contribution in [0.5, 0.6) is 5.75 Å². The topological polar surface area (TPSA) is 85.8 Å². The summed E-state index contributed by atoms with van der Waals surface area (Å²) in [5.74, 6) is 0.456. The van der Waals surface area contributed by atoms with Gasteiger partial charge in [-0.3, -0.25) is 29.2 Å². The molecule has 5 rings (SSSR count). The maximum Gasteiger partial charge on any atom is 0.324 e. The second-order valence-electron chi connectivity index (χ2n) is 30.6. The molecular formula is C62H110N4O5. The molecule has 0 aromatic heterocycles. The van der Waals surface area contributed by atoms with Gasteiger partial charge in [0.1, 0.15) is 18.0 Å². The van der Waals surface area contributed by atoms with E-state index in [1.54, 1.807) is 0 Å². The average molecular weight is 992 g/mol. The zero-order valence-corrected chi connectivity index (χ0v) is 50.9. The Kier molecular flexibility index (Phi) is 16.3. The van der Waals surface area contributed by atoms with Gasteiger partial charge in [-0.15, -0.1) is 0 Å². The Morgan fingerprint density at radius 3 is 1.18 bits per heavy atom. The van der Waals surface area contributed by atoms with E-state index in [1.807, 2.05) is 0 Å². The van der Waals surface area contributed by atoms with Crippen LogP contribution >= 0.6 is 0 Å². The predicted octanol–water partition coefficient (Wildman–Crippen LogP) is 13.5. The number of benzene rings is 1. The van der Waals surface area contributed by atoms with E-state index in [0.717, 1.165) is 61.6 Å². The number of esters is 2. The van der Waals surface area contributed by atoms with Crippen LogP contribution in [-0.2, 0) is 36.3 Å². The number of hydrogen-bond donors (Lipinski definition) is 1. The van der Waals surface area contributed by atoms with Crippen molar-refractivity contribution in [1.29, 1.82) is 0 Å². The van der Waals surface area contributed by atoms with Crippen LogP contribution in [0.4, 0.5) is 0 Å². The first-order valence-corrected chi connectivity index (χ1v) is 28.1. The number of aromatic hydroxyl groups is 1. The molecule has 9 heteroatoms. The van der Waals surface area contributed by atoms with Gasteiger partial charge < -0.3 is 14.6 Å². The van der Waals surface area contributed by atoms with Gasteiger partial charge in [-0.2, -0.15) is 0 Å². The van der Waals surface area contributed by atoms with Crippen molar-refractivity contribution in [2.45, 2.75) is 297 Å². The predicted molar refractivity (Wildman–Crippen MR) is 296 cm³/mol. The van der Waals surface area contributed by atoms with Crippen molar-refractivity contribution in [3.8, 4) is 5.75 Å². The molecule has 0 bridgehead atoms. The highest BCUT2D eigenvalue weighted by Gasteiger charge is 2.58. The monoisotopic (exact) mass is 991 g/mol. The minimum Gasteiger partial charge on any atom is -0.507 e. The molecule has 4 aliphatic heterocycles. The molecule has 4 heterocycles. The highest BCUT2D eigenvalue weighted by atomic mass is 16.6. The maximum absolute atomic E-state index is 16.2. The van der Waals surface area contributed by atoms with Crippen LogP contribution in [0.2, 0.25) is 0 Å². The van der Waals surface area contributed by atoms with Gasteiger partial charge >= 0.3 is 11.9 Å². The Hall–Kier alpha value is -2.20. The molecule has 4 atom stereocenters. The quantitative estimate of drug-likeness (QED) is 0.163. The number of nitrogens with zero attached hydrogens (tertiary/aromatic N) is 4. The fraction of sp³-hybridized carbons (Fsp3) is 0.871. The molecule has 71 heavy (non-hydrogen) atoms. The molecule has 0 spiro atoms. The molecule has 408 valence electrons. The second-order valence-corrected chi connectivity index (χ2v) is 30.6. The van der Waals surface area contributed by atoms with Crippen LogP contribution in [0, 0.1) is 23.2 Å². The zero-order valence-electron chi connectivity index (χ0n) is 50.9. The minimum atomic E-state index is -1.67. The summed E-state index contributed by atoms with van der Waals surface area (Å²) in [5.41, 5.74) is -1.21. The molecule has 4 saturated heterocycles. The van der Waals surface area contributed by atoms with E-state index in [-0.39, 0.29) is 45.4 Å². The number of phenolic OH excluding ortho intramolecular Hbond substituents is 1. The van der Waals surface area contributed by atoms with Gasteiger partial charge in [0.05, 0.1) is 11.1 Å². The van der Waals surface area contributed by atoms with Crippen molar-refractivity contribution in [2.24, 2.45) is 23.2 Å². The van der Waals surface area contributed by atoms with Crippen LogP contribution in [0.3, 0.4) is 0 Å². The summed E-state index contributed by atoms with van der Waals surface area (Å²) in [5, 5.41) is 12.0. The Balaban J connectivity index is 1.74. The smallest absolute Gasteiger partial charge is 0.324 e. The highest BCUT2D eigenvalue weighted by molar-refractivity contribution is 6.00. The first-order valence-electron chi connectivity index (χ1n) is 28.1. The van der Waals surface area contributed by atoms with Crippen molar-refractivity contribution in [3.05, 3.63) is 28.8 Å². The zero-order chi connectivity index (χ0) is 54.5. The lowest BCUT2D eigenvalue weighted by atomic mass is 9.57. The van der Waals surface area contributed by atoms with Crippen molar-refractivity contribution in [3.63, 3.8) is 0 Å². The second kappa shape index (κ2) is 19.4. The minimum absolute atomic E-state index is 0.0718. The Morgan fingerprint density at radius 1 is 0.549 bits per heavy atom. The van der Waals surface area contributed by atoms with Crippen LogP contribution in [0.1, 0.15) is 240 Å². The number of phenols is 1. The third-order valence-corrected chi connectivity index (χ3v) is 21.4. The van der Waals surface area contributed by atoms with E-state index in [1.165, 1.54) is 0 Å². The molecule has 0 radical (unpaired) electrons. The largest absolute Gasteiger partial charge is 0.507 e. The van der Waals surface area contributed by atoms with Gasteiger partial charge in [-0.1, -0.05) is 60.1 Å². The van der Waals surface area contributed by atoms with Gasteiger partial charge in [-0.25, -0.2) is 0 Å². The molecule has 9 nitrogen and oxygen atoms in total. The van der Waals surface area contributed by atoms with E-state index < -0.39 is 51.5 Å². The Morgan fingerprint density at radius 2 is 0.859 bits per heavy atom. The summed E-state index contributed by atoms with van der Waals surface area (Å²) in [4.78, 5) is 42.5. The fourth-order valence-electron chi connectivity index (χ4n) is 14.6. The summed E-state index contributed by atoms with van der Waals surface area (Å²) in [6, 6.07) is 4.13. The molecular weight excluding hydrogens is 881 g/mol. The average Bonchev–Trinajstić information content (AvgIpc) is 3.21. The number of likely N-dealkylation sites (N-methyl/N-ethyl adjacent to an activating group) is 2. The van der Waals surface area contributed by atoms with Gasteiger partial charge in [0.15, 0.2) is 5.41 Å². The van der Waals surface area contributed by atoms with Crippen LogP contribution in [-0.4, -0.2) is 121 Å². The number of carbonyl (C=O) groups is 2. The van der Waals surface area contributed by atoms with E-state index in [2.05, 4.69) is 212 Å². The molecule has 4 fully saturated rings. The lowest BCUT2D eigenvalue weighted by molar-refractivity contribution is -0.196. The van der Waals surface area contributed by atoms with E-state index in [9.17, 15) is 5.11 Å². The van der Waals surface area contributed by atoms with Crippen molar-refractivity contribution < 1.29 is 24.2 Å².